The first-order valence-corrected chi connectivity index (χ1v) is 7.26. The van der Waals surface area contributed by atoms with E-state index in [1.165, 1.54) is 0 Å². The standard InChI is InChI=1S/C18H14N4O/c1-23-12-8-9-15-17(11-12)22-18(21-15)16-7-4-6-14(20-16)13-5-2-3-10-19-13/h2-11H,1H3,(H,21,22). The number of nitrogens with zero attached hydrogens (tertiary/aromatic N) is 3. The van der Waals surface area contributed by atoms with Crippen LogP contribution in [0.3, 0.4) is 0 Å². The third-order valence-corrected chi connectivity index (χ3v) is 3.61. The molecular formula is C18H14N4O. The predicted octanol–water partition coefficient (Wildman–Crippen LogP) is 3.70. The van der Waals surface area contributed by atoms with E-state index in [9.17, 15) is 0 Å². The van der Waals surface area contributed by atoms with Crippen molar-refractivity contribution in [2.75, 3.05) is 7.11 Å². The molecule has 3 heterocycles. The molecule has 5 heteroatoms. The Morgan fingerprint density at radius 1 is 0.870 bits per heavy atom. The molecule has 0 spiro atoms. The normalized spacial score (nSPS) is 10.8. The summed E-state index contributed by atoms with van der Waals surface area (Å²) in [6, 6.07) is 17.4. The molecule has 112 valence electrons. The summed E-state index contributed by atoms with van der Waals surface area (Å²) < 4.78 is 5.24. The molecular weight excluding hydrogens is 288 g/mol. The van der Waals surface area contributed by atoms with E-state index >= 15 is 0 Å². The Bertz CT molecular complexity index is 963. The van der Waals surface area contributed by atoms with Gasteiger partial charge >= 0.3 is 0 Å². The van der Waals surface area contributed by atoms with Gasteiger partial charge in [-0.15, -0.1) is 0 Å². The molecule has 23 heavy (non-hydrogen) atoms. The minimum atomic E-state index is 0.728. The van der Waals surface area contributed by atoms with E-state index in [4.69, 9.17) is 4.74 Å². The molecule has 0 aliphatic heterocycles. The van der Waals surface area contributed by atoms with Crippen molar-refractivity contribution < 1.29 is 4.74 Å². The number of ether oxygens (including phenoxy) is 1. The zero-order valence-corrected chi connectivity index (χ0v) is 12.5. The molecule has 0 saturated carbocycles. The summed E-state index contributed by atoms with van der Waals surface area (Å²) in [5.41, 5.74) is 4.24. The van der Waals surface area contributed by atoms with Crippen molar-refractivity contribution >= 4 is 11.0 Å². The van der Waals surface area contributed by atoms with Crippen molar-refractivity contribution in [3.05, 3.63) is 60.8 Å². The molecule has 4 rings (SSSR count). The number of aromatic amines is 1. The second-order valence-corrected chi connectivity index (χ2v) is 5.09. The molecule has 1 aromatic carbocycles. The topological polar surface area (TPSA) is 63.7 Å². The molecule has 0 fully saturated rings. The fourth-order valence-corrected chi connectivity index (χ4v) is 2.46. The minimum Gasteiger partial charge on any atom is -0.497 e. The number of rotatable bonds is 3. The Balaban J connectivity index is 1.79. The van der Waals surface area contributed by atoms with Crippen LogP contribution in [0.15, 0.2) is 60.8 Å². The average molecular weight is 302 g/mol. The van der Waals surface area contributed by atoms with Gasteiger partial charge in [0.1, 0.15) is 11.4 Å². The predicted molar refractivity (Wildman–Crippen MR) is 89.1 cm³/mol. The van der Waals surface area contributed by atoms with Crippen molar-refractivity contribution in [1.82, 2.24) is 19.9 Å². The molecule has 0 bridgehead atoms. The third kappa shape index (κ3) is 2.53. The summed E-state index contributed by atoms with van der Waals surface area (Å²) in [6.07, 6.45) is 1.76. The van der Waals surface area contributed by atoms with E-state index in [-0.39, 0.29) is 0 Å². The molecule has 0 amide bonds. The van der Waals surface area contributed by atoms with Gasteiger partial charge in [0, 0.05) is 12.3 Å². The van der Waals surface area contributed by atoms with E-state index in [0.29, 0.717) is 0 Å². The molecule has 3 aromatic heterocycles. The Labute approximate surface area is 133 Å². The lowest BCUT2D eigenvalue weighted by Crippen LogP contribution is -1.90. The van der Waals surface area contributed by atoms with Crippen LogP contribution in [0.4, 0.5) is 0 Å². The van der Waals surface area contributed by atoms with Crippen molar-refractivity contribution in [3.63, 3.8) is 0 Å². The zero-order chi connectivity index (χ0) is 15.6. The molecule has 0 aliphatic rings. The van der Waals surface area contributed by atoms with Crippen LogP contribution in [-0.2, 0) is 0 Å². The SMILES string of the molecule is COc1ccc2nc(-c3cccc(-c4ccccn4)n3)[nH]c2c1. The first kappa shape index (κ1) is 13.5. The number of methoxy groups -OCH3 is 1. The lowest BCUT2D eigenvalue weighted by atomic mass is 10.2. The molecule has 1 N–H and O–H groups in total. The van der Waals surface area contributed by atoms with Crippen molar-refractivity contribution in [3.8, 4) is 28.7 Å². The number of H-pyrrole nitrogens is 1. The maximum absolute atomic E-state index is 5.24. The smallest absolute Gasteiger partial charge is 0.157 e. The number of hydrogen-bond donors (Lipinski definition) is 1. The molecule has 0 atom stereocenters. The highest BCUT2D eigenvalue weighted by Crippen LogP contribution is 2.24. The van der Waals surface area contributed by atoms with Crippen molar-refractivity contribution in [2.45, 2.75) is 0 Å². The van der Waals surface area contributed by atoms with Crippen LogP contribution < -0.4 is 4.74 Å². The van der Waals surface area contributed by atoms with Crippen LogP contribution in [0.25, 0.3) is 33.9 Å². The van der Waals surface area contributed by atoms with Gasteiger partial charge in [-0.05, 0) is 36.4 Å². The van der Waals surface area contributed by atoms with Gasteiger partial charge in [-0.1, -0.05) is 12.1 Å². The average Bonchev–Trinajstić information content (AvgIpc) is 3.06. The number of aromatic nitrogens is 4. The number of nitrogens with one attached hydrogen (secondary N) is 1. The number of pyridine rings is 2. The molecule has 0 saturated heterocycles. The maximum Gasteiger partial charge on any atom is 0.157 e. The first-order chi connectivity index (χ1) is 11.3. The molecule has 5 nitrogen and oxygen atoms in total. The largest absolute Gasteiger partial charge is 0.497 e. The van der Waals surface area contributed by atoms with E-state index in [1.54, 1.807) is 13.3 Å². The van der Waals surface area contributed by atoms with Crippen LogP contribution in [0.2, 0.25) is 0 Å². The summed E-state index contributed by atoms with van der Waals surface area (Å²) in [5.74, 6) is 1.52. The fourth-order valence-electron chi connectivity index (χ4n) is 2.46. The van der Waals surface area contributed by atoms with Crippen LogP contribution in [-0.4, -0.2) is 27.0 Å². The number of fused-ring (bicyclic) bond motifs is 1. The summed E-state index contributed by atoms with van der Waals surface area (Å²) in [4.78, 5) is 16.9. The summed E-state index contributed by atoms with van der Waals surface area (Å²) in [6.45, 7) is 0. The third-order valence-electron chi connectivity index (χ3n) is 3.61. The lowest BCUT2D eigenvalue weighted by molar-refractivity contribution is 0.415. The van der Waals surface area contributed by atoms with Gasteiger partial charge < -0.3 is 9.72 Å². The van der Waals surface area contributed by atoms with E-state index in [2.05, 4.69) is 19.9 Å². The van der Waals surface area contributed by atoms with Crippen LogP contribution in [0.5, 0.6) is 5.75 Å². The van der Waals surface area contributed by atoms with E-state index < -0.39 is 0 Å². The highest BCUT2D eigenvalue weighted by Gasteiger charge is 2.09. The molecule has 4 aromatic rings. The van der Waals surface area contributed by atoms with Crippen LogP contribution in [0, 0.1) is 0 Å². The minimum absolute atomic E-state index is 0.728. The molecule has 0 aliphatic carbocycles. The highest BCUT2D eigenvalue weighted by molar-refractivity contribution is 5.80. The second kappa shape index (κ2) is 5.53. The summed E-state index contributed by atoms with van der Waals surface area (Å²) in [7, 11) is 1.65. The zero-order valence-electron chi connectivity index (χ0n) is 12.5. The Morgan fingerprint density at radius 3 is 2.57 bits per heavy atom. The Hall–Kier alpha value is -3.21. The Morgan fingerprint density at radius 2 is 1.74 bits per heavy atom. The van der Waals surface area contributed by atoms with E-state index in [1.807, 2.05) is 54.6 Å². The van der Waals surface area contributed by atoms with Crippen LogP contribution >= 0.6 is 0 Å². The van der Waals surface area contributed by atoms with Gasteiger partial charge in [-0.2, -0.15) is 0 Å². The quantitative estimate of drug-likeness (QED) is 0.627. The number of hydrogen-bond acceptors (Lipinski definition) is 4. The lowest BCUT2D eigenvalue weighted by Gasteiger charge is -2.01. The second-order valence-electron chi connectivity index (χ2n) is 5.09. The van der Waals surface area contributed by atoms with Gasteiger partial charge in [-0.25, -0.2) is 9.97 Å². The van der Waals surface area contributed by atoms with Gasteiger partial charge in [-0.3, -0.25) is 4.98 Å². The van der Waals surface area contributed by atoms with Gasteiger partial charge in [0.05, 0.1) is 29.5 Å². The monoisotopic (exact) mass is 302 g/mol. The summed E-state index contributed by atoms with van der Waals surface area (Å²) >= 11 is 0. The fraction of sp³-hybridized carbons (Fsp3) is 0.0556. The number of imidazole rings is 1. The Kier molecular flexibility index (Phi) is 3.24. The van der Waals surface area contributed by atoms with Crippen molar-refractivity contribution in [1.29, 1.82) is 0 Å². The number of benzene rings is 1. The van der Waals surface area contributed by atoms with Crippen molar-refractivity contribution in [2.24, 2.45) is 0 Å². The van der Waals surface area contributed by atoms with Gasteiger partial charge in [0.2, 0.25) is 0 Å². The van der Waals surface area contributed by atoms with Gasteiger partial charge in [0.15, 0.2) is 5.82 Å². The first-order valence-electron chi connectivity index (χ1n) is 7.26. The van der Waals surface area contributed by atoms with E-state index in [0.717, 1.165) is 39.7 Å². The van der Waals surface area contributed by atoms with Gasteiger partial charge in [0.25, 0.3) is 0 Å². The summed E-state index contributed by atoms with van der Waals surface area (Å²) in [5, 5.41) is 0. The van der Waals surface area contributed by atoms with Crippen LogP contribution in [0.1, 0.15) is 0 Å². The molecule has 0 unspecified atom stereocenters. The maximum atomic E-state index is 5.24. The highest BCUT2D eigenvalue weighted by atomic mass is 16.5. The molecule has 0 radical (unpaired) electrons.